The molecule has 2 aliphatic heterocycles. The molecular weight excluding hydrogens is 340 g/mol. The van der Waals surface area contributed by atoms with Gasteiger partial charge in [0, 0.05) is 32.8 Å². The summed E-state index contributed by atoms with van der Waals surface area (Å²) in [6, 6.07) is 10.2. The Labute approximate surface area is 162 Å². The number of carbonyl (C=O) groups is 2. The Morgan fingerprint density at radius 1 is 1.19 bits per heavy atom. The minimum Gasteiger partial charge on any atom is -0.381 e. The second-order valence-corrected chi connectivity index (χ2v) is 7.85. The molecule has 2 fully saturated rings. The van der Waals surface area contributed by atoms with Crippen molar-refractivity contribution in [3.8, 4) is 0 Å². The highest BCUT2D eigenvalue weighted by Gasteiger charge is 2.46. The first-order valence-corrected chi connectivity index (χ1v) is 10.3. The highest BCUT2D eigenvalue weighted by atomic mass is 16.5. The van der Waals surface area contributed by atoms with Gasteiger partial charge in [0.25, 0.3) is 0 Å². The molecule has 1 atom stereocenters. The van der Waals surface area contributed by atoms with Crippen LogP contribution in [-0.2, 0) is 14.3 Å². The molecule has 2 amide bonds. The van der Waals surface area contributed by atoms with Gasteiger partial charge in [-0.3, -0.25) is 9.59 Å². The molecule has 0 aromatic heterocycles. The molecule has 0 radical (unpaired) electrons. The molecule has 1 aromatic carbocycles. The predicted octanol–water partition coefficient (Wildman–Crippen LogP) is 3.06. The normalized spacial score (nSPS) is 22.3. The molecule has 1 spiro atoms. The van der Waals surface area contributed by atoms with Gasteiger partial charge in [0.1, 0.15) is 0 Å². The Morgan fingerprint density at radius 3 is 2.52 bits per heavy atom. The highest BCUT2D eigenvalue weighted by molar-refractivity contribution is 5.85. The number of hydrogen-bond donors (Lipinski definition) is 0. The van der Waals surface area contributed by atoms with Crippen molar-refractivity contribution >= 4 is 11.8 Å². The average molecular weight is 373 g/mol. The topological polar surface area (TPSA) is 49.9 Å². The van der Waals surface area contributed by atoms with Crippen LogP contribution in [0.25, 0.3) is 0 Å². The van der Waals surface area contributed by atoms with Gasteiger partial charge in [0.15, 0.2) is 0 Å². The van der Waals surface area contributed by atoms with Crippen molar-refractivity contribution in [3.05, 3.63) is 35.9 Å². The summed E-state index contributed by atoms with van der Waals surface area (Å²) in [6.07, 6.45) is 3.31. The van der Waals surface area contributed by atoms with Gasteiger partial charge in [-0.1, -0.05) is 30.3 Å². The van der Waals surface area contributed by atoms with E-state index in [4.69, 9.17) is 4.74 Å². The molecule has 5 heteroatoms. The van der Waals surface area contributed by atoms with E-state index in [0.29, 0.717) is 19.6 Å². The Hall–Kier alpha value is -1.88. The second-order valence-electron chi connectivity index (χ2n) is 7.85. The molecule has 0 aliphatic carbocycles. The molecule has 0 saturated carbocycles. The van der Waals surface area contributed by atoms with Crippen molar-refractivity contribution in [3.63, 3.8) is 0 Å². The number of piperidine rings is 2. The number of nitrogens with zero attached hydrogens (tertiary/aromatic N) is 2. The third kappa shape index (κ3) is 4.52. The van der Waals surface area contributed by atoms with Crippen LogP contribution in [0.1, 0.15) is 51.0 Å². The lowest BCUT2D eigenvalue weighted by atomic mass is 9.67. The van der Waals surface area contributed by atoms with Gasteiger partial charge in [-0.15, -0.1) is 0 Å². The zero-order chi connectivity index (χ0) is 19.3. The van der Waals surface area contributed by atoms with Crippen LogP contribution in [0.4, 0.5) is 0 Å². The Kier molecular flexibility index (Phi) is 6.53. The third-order valence-electron chi connectivity index (χ3n) is 6.20. The predicted molar refractivity (Wildman–Crippen MR) is 105 cm³/mol. The molecule has 2 heterocycles. The van der Waals surface area contributed by atoms with Crippen LogP contribution < -0.4 is 0 Å². The lowest BCUT2D eigenvalue weighted by Gasteiger charge is -2.49. The van der Waals surface area contributed by atoms with Crippen molar-refractivity contribution in [1.82, 2.24) is 9.80 Å². The van der Waals surface area contributed by atoms with Crippen LogP contribution >= 0.6 is 0 Å². The van der Waals surface area contributed by atoms with E-state index in [-0.39, 0.29) is 23.1 Å². The van der Waals surface area contributed by atoms with Crippen LogP contribution in [-0.4, -0.2) is 61.0 Å². The average Bonchev–Trinajstić information content (AvgIpc) is 2.71. The van der Waals surface area contributed by atoms with Gasteiger partial charge >= 0.3 is 0 Å². The zero-order valence-electron chi connectivity index (χ0n) is 16.7. The molecule has 0 N–H and O–H groups in total. The van der Waals surface area contributed by atoms with Gasteiger partial charge in [-0.2, -0.15) is 0 Å². The monoisotopic (exact) mass is 372 g/mol. The summed E-state index contributed by atoms with van der Waals surface area (Å²) >= 11 is 0. The van der Waals surface area contributed by atoms with E-state index >= 15 is 0 Å². The van der Waals surface area contributed by atoms with E-state index in [2.05, 4.69) is 19.1 Å². The number of ether oxygens (including phenoxy) is 1. The van der Waals surface area contributed by atoms with Crippen molar-refractivity contribution in [2.24, 2.45) is 5.41 Å². The van der Waals surface area contributed by atoms with Crippen molar-refractivity contribution in [1.29, 1.82) is 0 Å². The highest BCUT2D eigenvalue weighted by Crippen LogP contribution is 2.45. The first kappa shape index (κ1) is 19.9. The Balaban J connectivity index is 1.67. The zero-order valence-corrected chi connectivity index (χ0v) is 16.7. The number of benzene rings is 1. The molecule has 3 rings (SSSR count). The van der Waals surface area contributed by atoms with Gasteiger partial charge in [-0.05, 0) is 44.1 Å². The number of rotatable bonds is 6. The van der Waals surface area contributed by atoms with Crippen LogP contribution in [0, 0.1) is 5.41 Å². The maximum absolute atomic E-state index is 12.9. The van der Waals surface area contributed by atoms with Gasteiger partial charge in [0.2, 0.25) is 11.8 Å². The fourth-order valence-electron chi connectivity index (χ4n) is 4.56. The van der Waals surface area contributed by atoms with E-state index in [1.54, 1.807) is 0 Å². The van der Waals surface area contributed by atoms with E-state index in [9.17, 15) is 9.59 Å². The summed E-state index contributed by atoms with van der Waals surface area (Å²) in [5, 5.41) is 0. The molecule has 148 valence electrons. The van der Waals surface area contributed by atoms with Crippen LogP contribution in [0.3, 0.4) is 0 Å². The summed E-state index contributed by atoms with van der Waals surface area (Å²) < 4.78 is 5.32. The van der Waals surface area contributed by atoms with Crippen molar-refractivity contribution in [2.45, 2.75) is 45.4 Å². The van der Waals surface area contributed by atoms with Gasteiger partial charge in [-0.25, -0.2) is 0 Å². The van der Waals surface area contributed by atoms with Crippen molar-refractivity contribution < 1.29 is 14.3 Å². The molecule has 27 heavy (non-hydrogen) atoms. The smallest absolute Gasteiger partial charge is 0.230 e. The first-order valence-electron chi connectivity index (χ1n) is 10.3. The lowest BCUT2D eigenvalue weighted by Crippen LogP contribution is -2.54. The van der Waals surface area contributed by atoms with Crippen molar-refractivity contribution in [2.75, 3.05) is 39.4 Å². The number of likely N-dealkylation sites (tertiary alicyclic amines) is 2. The molecule has 0 unspecified atom stereocenters. The number of likely N-dealkylation sites (N-methyl/N-ethyl adjacent to an activating group) is 1. The fourth-order valence-corrected chi connectivity index (χ4v) is 4.56. The SMILES string of the molecule is CCOCCC(=O)N1CCC2(CC1)C[C@H](c1ccccc1)C(=O)N(CC)C2. The maximum Gasteiger partial charge on any atom is 0.230 e. The molecule has 2 saturated heterocycles. The molecule has 0 bridgehead atoms. The second kappa shape index (κ2) is 8.87. The van der Waals surface area contributed by atoms with E-state index in [1.165, 1.54) is 0 Å². The molecule has 1 aromatic rings. The standard InChI is InChI=1S/C22H32N2O3/c1-3-23-17-22(16-19(21(23)26)18-8-6-5-7-9-18)11-13-24(14-12-22)20(25)10-15-27-4-2/h5-9,19H,3-4,10-17H2,1-2H3/t19-/m1/s1. The Bertz CT molecular complexity index is 638. The lowest BCUT2D eigenvalue weighted by molar-refractivity contribution is -0.144. The molecule has 2 aliphatic rings. The molecular formula is C22H32N2O3. The number of amides is 2. The number of carbonyl (C=O) groups excluding carboxylic acids is 2. The number of hydrogen-bond acceptors (Lipinski definition) is 3. The van der Waals surface area contributed by atoms with Crippen LogP contribution in [0.2, 0.25) is 0 Å². The maximum atomic E-state index is 12.9. The van der Waals surface area contributed by atoms with E-state index < -0.39 is 0 Å². The summed E-state index contributed by atoms with van der Waals surface area (Å²) in [7, 11) is 0. The van der Waals surface area contributed by atoms with Gasteiger partial charge < -0.3 is 14.5 Å². The van der Waals surface area contributed by atoms with Crippen LogP contribution in [0.5, 0.6) is 0 Å². The quantitative estimate of drug-likeness (QED) is 0.721. The minimum atomic E-state index is -0.0555. The molecule has 5 nitrogen and oxygen atoms in total. The summed E-state index contributed by atoms with van der Waals surface area (Å²) in [6.45, 7) is 8.32. The largest absolute Gasteiger partial charge is 0.381 e. The third-order valence-corrected chi connectivity index (χ3v) is 6.20. The van der Waals surface area contributed by atoms with E-state index in [1.807, 2.05) is 34.9 Å². The van der Waals surface area contributed by atoms with Crippen LogP contribution in [0.15, 0.2) is 30.3 Å². The first-order chi connectivity index (χ1) is 13.1. The van der Waals surface area contributed by atoms with E-state index in [0.717, 1.165) is 51.0 Å². The Morgan fingerprint density at radius 2 is 1.89 bits per heavy atom. The minimum absolute atomic E-state index is 0.0555. The van der Waals surface area contributed by atoms with Gasteiger partial charge in [0.05, 0.1) is 18.9 Å². The fraction of sp³-hybridized carbons (Fsp3) is 0.636. The summed E-state index contributed by atoms with van der Waals surface area (Å²) in [5.74, 6) is 0.391. The summed E-state index contributed by atoms with van der Waals surface area (Å²) in [5.41, 5.74) is 1.25. The summed E-state index contributed by atoms with van der Waals surface area (Å²) in [4.78, 5) is 29.3.